The van der Waals surface area contributed by atoms with Crippen LogP contribution in [0.3, 0.4) is 0 Å². The first-order valence-corrected chi connectivity index (χ1v) is 10.8. The number of benzene rings is 2. The lowest BCUT2D eigenvalue weighted by Crippen LogP contribution is -2.47. The molecule has 0 amide bonds. The summed E-state index contributed by atoms with van der Waals surface area (Å²) in [6.07, 6.45) is 4.24. The summed E-state index contributed by atoms with van der Waals surface area (Å²) < 4.78 is 54.5. The molecule has 2 aliphatic rings. The van der Waals surface area contributed by atoms with E-state index in [9.17, 15) is 17.2 Å². The van der Waals surface area contributed by atoms with Crippen molar-refractivity contribution in [1.82, 2.24) is 4.90 Å². The lowest BCUT2D eigenvalue weighted by Gasteiger charge is -2.34. The van der Waals surface area contributed by atoms with E-state index >= 15 is 0 Å². The molecule has 0 radical (unpaired) electrons. The monoisotopic (exact) mass is 429 g/mol. The average Bonchev–Trinajstić information content (AvgIpc) is 3.37. The van der Waals surface area contributed by atoms with E-state index in [4.69, 9.17) is 5.26 Å². The van der Waals surface area contributed by atoms with Crippen LogP contribution in [0.1, 0.15) is 30.0 Å². The van der Waals surface area contributed by atoms with E-state index in [1.807, 2.05) is 6.07 Å². The number of rotatable bonds is 4. The van der Waals surface area contributed by atoms with Crippen LogP contribution in [0.5, 0.6) is 0 Å². The number of nitriles is 1. The van der Waals surface area contributed by atoms with Gasteiger partial charge in [-0.1, -0.05) is 11.2 Å². The van der Waals surface area contributed by atoms with Gasteiger partial charge in [-0.2, -0.15) is 13.7 Å². The minimum Gasteiger partial charge on any atom is -0.318 e. The highest BCUT2D eigenvalue weighted by Crippen LogP contribution is 2.42. The van der Waals surface area contributed by atoms with Gasteiger partial charge >= 0.3 is 10.0 Å². The standard InChI is InChI=1S/C21H19F2N4O2S/c1-27(30(28,29)17-5-2-4-15(12-17)14-24)21(9-10-25-27)26-11-3-6-20(26)18-13-16(22)7-8-19(18)23/h2,4-5,7-10,12-13,20H,3,6,11H2,1H3/q+1/t20?,27-/m1/s1. The lowest BCUT2D eigenvalue weighted by molar-refractivity contribution is -0.758. The summed E-state index contributed by atoms with van der Waals surface area (Å²) >= 11 is 0. The highest BCUT2D eigenvalue weighted by Gasteiger charge is 2.50. The van der Waals surface area contributed by atoms with Crippen molar-refractivity contribution in [1.29, 1.82) is 5.26 Å². The number of likely N-dealkylation sites (tertiary alicyclic amines) is 1. The molecule has 0 spiro atoms. The van der Waals surface area contributed by atoms with Gasteiger partial charge in [-0.25, -0.2) is 8.78 Å². The highest BCUT2D eigenvalue weighted by molar-refractivity contribution is 7.86. The molecule has 2 heterocycles. The van der Waals surface area contributed by atoms with Crippen molar-refractivity contribution in [2.24, 2.45) is 5.10 Å². The molecule has 0 aliphatic carbocycles. The molecule has 0 bridgehead atoms. The molecule has 4 rings (SSSR count). The predicted molar refractivity (Wildman–Crippen MR) is 106 cm³/mol. The number of hydrogen-bond acceptors (Lipinski definition) is 5. The molecule has 1 fully saturated rings. The van der Waals surface area contributed by atoms with E-state index in [1.165, 1.54) is 37.5 Å². The molecule has 154 valence electrons. The summed E-state index contributed by atoms with van der Waals surface area (Å²) in [5.41, 5.74) is 0.410. The third-order valence-electron chi connectivity index (χ3n) is 5.53. The maximum atomic E-state index is 14.5. The van der Waals surface area contributed by atoms with Crippen molar-refractivity contribution in [3.8, 4) is 6.07 Å². The minimum atomic E-state index is -4.07. The molecule has 1 saturated heterocycles. The summed E-state index contributed by atoms with van der Waals surface area (Å²) in [6.45, 7) is 0.484. The Labute approximate surface area is 173 Å². The Morgan fingerprint density at radius 3 is 2.80 bits per heavy atom. The van der Waals surface area contributed by atoms with Gasteiger partial charge in [0.2, 0.25) is 5.82 Å². The molecule has 0 aromatic heterocycles. The van der Waals surface area contributed by atoms with Crippen molar-refractivity contribution in [2.45, 2.75) is 23.8 Å². The average molecular weight is 429 g/mol. The van der Waals surface area contributed by atoms with E-state index in [-0.39, 0.29) is 16.0 Å². The summed E-state index contributed by atoms with van der Waals surface area (Å²) in [6, 6.07) is 10.5. The molecular weight excluding hydrogens is 410 g/mol. The fraction of sp³-hybridized carbons (Fsp3) is 0.238. The van der Waals surface area contributed by atoms with Crippen molar-refractivity contribution < 1.29 is 21.2 Å². The molecule has 9 heteroatoms. The maximum absolute atomic E-state index is 14.5. The normalized spacial score (nSPS) is 23.5. The van der Waals surface area contributed by atoms with E-state index in [1.54, 1.807) is 11.0 Å². The summed E-state index contributed by atoms with van der Waals surface area (Å²) in [7, 11) is -2.64. The summed E-state index contributed by atoms with van der Waals surface area (Å²) in [5, 5.41) is 13.3. The van der Waals surface area contributed by atoms with E-state index in [0.29, 0.717) is 25.2 Å². The highest BCUT2D eigenvalue weighted by atomic mass is 32.2. The minimum absolute atomic E-state index is 0.0401. The van der Waals surface area contributed by atoms with Crippen LogP contribution in [0, 0.1) is 23.0 Å². The first-order chi connectivity index (χ1) is 14.3. The van der Waals surface area contributed by atoms with Crippen LogP contribution in [0.25, 0.3) is 0 Å². The molecule has 2 aromatic carbocycles. The molecule has 2 aliphatic heterocycles. The van der Waals surface area contributed by atoms with Gasteiger partial charge in [0.05, 0.1) is 23.9 Å². The molecule has 0 saturated carbocycles. The Balaban J connectivity index is 1.76. The fourth-order valence-corrected chi connectivity index (χ4v) is 5.54. The predicted octanol–water partition coefficient (Wildman–Crippen LogP) is 3.65. The Morgan fingerprint density at radius 1 is 1.23 bits per heavy atom. The first-order valence-electron chi connectivity index (χ1n) is 9.38. The summed E-state index contributed by atoms with van der Waals surface area (Å²) in [4.78, 5) is 1.73. The molecule has 2 aromatic rings. The zero-order chi connectivity index (χ0) is 21.5. The van der Waals surface area contributed by atoms with Gasteiger partial charge in [-0.15, -0.1) is 0 Å². The van der Waals surface area contributed by atoms with Crippen molar-refractivity contribution >= 4 is 16.2 Å². The number of quaternary nitrogens is 1. The third-order valence-corrected chi connectivity index (χ3v) is 7.60. The maximum Gasteiger partial charge on any atom is 0.357 e. The van der Waals surface area contributed by atoms with Gasteiger partial charge in [-0.3, -0.25) is 0 Å². The molecule has 2 atom stereocenters. The second-order valence-electron chi connectivity index (χ2n) is 7.30. The zero-order valence-corrected chi connectivity index (χ0v) is 17.0. The number of allylic oxidation sites excluding steroid dienone is 1. The smallest absolute Gasteiger partial charge is 0.318 e. The third kappa shape index (κ3) is 3.09. The van der Waals surface area contributed by atoms with Gasteiger partial charge in [-0.05, 0) is 53.2 Å². The molecular formula is C21H19F2N4O2S+. The second kappa shape index (κ2) is 7.31. The van der Waals surface area contributed by atoms with Gasteiger partial charge in [0.25, 0.3) is 0 Å². The Kier molecular flexibility index (Phi) is 4.92. The van der Waals surface area contributed by atoms with Crippen LogP contribution in [0.2, 0.25) is 0 Å². The van der Waals surface area contributed by atoms with Crippen LogP contribution in [-0.2, 0) is 10.0 Å². The van der Waals surface area contributed by atoms with Gasteiger partial charge < -0.3 is 4.90 Å². The second-order valence-corrected chi connectivity index (χ2v) is 9.43. The topological polar surface area (TPSA) is 73.5 Å². The molecule has 30 heavy (non-hydrogen) atoms. The van der Waals surface area contributed by atoms with Crippen LogP contribution in [0.15, 0.2) is 64.4 Å². The van der Waals surface area contributed by atoms with E-state index < -0.39 is 31.7 Å². The van der Waals surface area contributed by atoms with E-state index in [0.717, 1.165) is 18.2 Å². The Hall–Kier alpha value is -3.09. The summed E-state index contributed by atoms with van der Waals surface area (Å²) in [5.74, 6) is -0.733. The number of sulfonamides is 1. The van der Waals surface area contributed by atoms with Crippen molar-refractivity contribution in [3.63, 3.8) is 0 Å². The largest absolute Gasteiger partial charge is 0.357 e. The van der Waals surface area contributed by atoms with Gasteiger partial charge in [0.15, 0.2) is 0 Å². The SMILES string of the molecule is C[N@+]1(S(=O)(=O)c2cccc(C#N)c2)N=CC=C1N1CCCC1c1cc(F)ccc1F. The van der Waals surface area contributed by atoms with Crippen molar-refractivity contribution in [3.05, 3.63) is 77.1 Å². The lowest BCUT2D eigenvalue weighted by atomic mass is 10.0. The van der Waals surface area contributed by atoms with Crippen LogP contribution < -0.4 is 0 Å². The van der Waals surface area contributed by atoms with Gasteiger partial charge in [0, 0.05) is 18.2 Å². The van der Waals surface area contributed by atoms with Crippen molar-refractivity contribution in [2.75, 3.05) is 13.6 Å². The Bertz CT molecular complexity index is 1220. The molecule has 6 nitrogen and oxygen atoms in total. The Morgan fingerprint density at radius 2 is 2.03 bits per heavy atom. The number of hydrogen-bond donors (Lipinski definition) is 0. The molecule has 1 unspecified atom stereocenters. The van der Waals surface area contributed by atoms with Crippen LogP contribution >= 0.6 is 0 Å². The van der Waals surface area contributed by atoms with Gasteiger partial charge in [0.1, 0.15) is 23.6 Å². The van der Waals surface area contributed by atoms with Crippen LogP contribution in [0.4, 0.5) is 8.78 Å². The first kappa shape index (κ1) is 20.2. The number of nitrogens with zero attached hydrogens (tertiary/aromatic N) is 4. The molecule has 0 N–H and O–H groups in total. The quantitative estimate of drug-likeness (QED) is 0.696. The van der Waals surface area contributed by atoms with E-state index in [2.05, 4.69) is 5.10 Å². The van der Waals surface area contributed by atoms with Crippen LogP contribution in [-0.4, -0.2) is 37.1 Å². The number of halogens is 2. The fourth-order valence-electron chi connectivity index (χ4n) is 4.01. The zero-order valence-electron chi connectivity index (χ0n) is 16.2.